The summed E-state index contributed by atoms with van der Waals surface area (Å²) in [5.41, 5.74) is 0.570. The third-order valence-electron chi connectivity index (χ3n) is 2.77. The maximum Gasteiger partial charge on any atom is 0.259 e. The fraction of sp³-hybridized carbons (Fsp3) is 0.417. The molecule has 0 unspecified atom stereocenters. The van der Waals surface area contributed by atoms with Crippen molar-refractivity contribution in [2.24, 2.45) is 0 Å². The maximum atomic E-state index is 11.6. The number of aromatic amines is 1. The Hall–Kier alpha value is -1.18. The van der Waals surface area contributed by atoms with Crippen LogP contribution in [0.15, 0.2) is 17.2 Å². The fourth-order valence-corrected chi connectivity index (χ4v) is 2.24. The van der Waals surface area contributed by atoms with Crippen LogP contribution in [-0.2, 0) is 0 Å². The van der Waals surface area contributed by atoms with Gasteiger partial charge in [-0.2, -0.15) is 0 Å². The maximum absolute atomic E-state index is 11.6. The third-order valence-corrected chi connectivity index (χ3v) is 3.59. The Morgan fingerprint density at radius 3 is 3.00 bits per heavy atom. The van der Waals surface area contributed by atoms with Gasteiger partial charge in [0.2, 0.25) is 5.95 Å². The molecule has 18 heavy (non-hydrogen) atoms. The van der Waals surface area contributed by atoms with Gasteiger partial charge in [0, 0.05) is 26.0 Å². The first kappa shape index (κ1) is 13.3. The molecular weight excluding hydrogens is 343 g/mol. The lowest BCUT2D eigenvalue weighted by Gasteiger charge is -2.16. The molecule has 0 aromatic carbocycles. The van der Waals surface area contributed by atoms with Gasteiger partial charge in [-0.05, 0) is 29.0 Å². The topological polar surface area (TPSA) is 61.9 Å². The van der Waals surface area contributed by atoms with E-state index in [4.69, 9.17) is 0 Å². The average molecular weight is 358 g/mol. The Bertz CT molecular complexity index is 611. The van der Waals surface area contributed by atoms with E-state index in [0.717, 1.165) is 23.0 Å². The van der Waals surface area contributed by atoms with Crippen molar-refractivity contribution in [3.8, 4) is 0 Å². The van der Waals surface area contributed by atoms with Crippen LogP contribution in [-0.4, -0.2) is 28.5 Å². The Balaban J connectivity index is 2.44. The second-order valence-corrected chi connectivity index (χ2v) is 5.34. The van der Waals surface area contributed by atoms with Crippen molar-refractivity contribution in [2.45, 2.75) is 19.8 Å². The van der Waals surface area contributed by atoms with Crippen molar-refractivity contribution >= 4 is 39.4 Å². The van der Waals surface area contributed by atoms with Crippen LogP contribution in [0.2, 0.25) is 0 Å². The summed E-state index contributed by atoms with van der Waals surface area (Å²) in [5.74, 6) is 0.666. The number of hydrogen-bond acceptors (Lipinski definition) is 4. The predicted molar refractivity (Wildman–Crippen MR) is 81.1 cm³/mol. The van der Waals surface area contributed by atoms with Crippen molar-refractivity contribution in [3.63, 3.8) is 0 Å². The summed E-state index contributed by atoms with van der Waals surface area (Å²) < 4.78 is 0.926. The number of aromatic nitrogens is 3. The number of nitrogens with one attached hydrogen (secondary N) is 1. The Labute approximate surface area is 119 Å². The molecule has 0 aliphatic carbocycles. The largest absolute Gasteiger partial charge is 0.344 e. The molecule has 2 heterocycles. The van der Waals surface area contributed by atoms with Crippen LogP contribution in [0.1, 0.15) is 19.8 Å². The lowest BCUT2D eigenvalue weighted by atomic mass is 10.3. The van der Waals surface area contributed by atoms with E-state index in [1.165, 1.54) is 0 Å². The highest BCUT2D eigenvalue weighted by Crippen LogP contribution is 2.16. The van der Waals surface area contributed by atoms with Gasteiger partial charge >= 0.3 is 0 Å². The predicted octanol–water partition coefficient (Wildman–Crippen LogP) is 2.16. The molecule has 0 radical (unpaired) electrons. The zero-order chi connectivity index (χ0) is 13.1. The monoisotopic (exact) mass is 358 g/mol. The Kier molecular flexibility index (Phi) is 4.15. The van der Waals surface area contributed by atoms with E-state index in [1.54, 1.807) is 12.4 Å². The average Bonchev–Trinajstić information content (AvgIpc) is 2.40. The van der Waals surface area contributed by atoms with Crippen LogP contribution in [0.4, 0.5) is 5.95 Å². The van der Waals surface area contributed by atoms with Crippen molar-refractivity contribution in [1.82, 2.24) is 15.0 Å². The van der Waals surface area contributed by atoms with E-state index in [2.05, 4.69) is 44.5 Å². The first-order valence-electron chi connectivity index (χ1n) is 5.88. The molecule has 5 nitrogen and oxygen atoms in total. The van der Waals surface area contributed by atoms with Gasteiger partial charge in [-0.25, -0.2) is 9.97 Å². The molecule has 0 saturated carbocycles. The number of H-pyrrole nitrogens is 1. The minimum Gasteiger partial charge on any atom is -0.344 e. The van der Waals surface area contributed by atoms with Crippen LogP contribution in [0, 0.1) is 3.57 Å². The Morgan fingerprint density at radius 1 is 1.50 bits per heavy atom. The molecule has 1 N–H and O–H groups in total. The molecular formula is C12H15IN4O. The van der Waals surface area contributed by atoms with Crippen LogP contribution in [0.25, 0.3) is 10.9 Å². The van der Waals surface area contributed by atoms with Crippen molar-refractivity contribution in [3.05, 3.63) is 26.3 Å². The van der Waals surface area contributed by atoms with Gasteiger partial charge < -0.3 is 9.88 Å². The number of halogens is 1. The van der Waals surface area contributed by atoms with E-state index in [-0.39, 0.29) is 5.56 Å². The fourth-order valence-electron chi connectivity index (χ4n) is 1.67. The van der Waals surface area contributed by atoms with E-state index in [1.807, 2.05) is 11.9 Å². The molecule has 0 aliphatic rings. The summed E-state index contributed by atoms with van der Waals surface area (Å²) in [4.78, 5) is 25.0. The van der Waals surface area contributed by atoms with Gasteiger partial charge in [0.25, 0.3) is 5.56 Å². The zero-order valence-corrected chi connectivity index (χ0v) is 12.6. The molecule has 0 spiro atoms. The first-order chi connectivity index (χ1) is 8.63. The number of unbranched alkanes of at least 4 members (excludes halogenated alkanes) is 1. The number of rotatable bonds is 4. The van der Waals surface area contributed by atoms with E-state index < -0.39 is 0 Å². The molecule has 0 fully saturated rings. The smallest absolute Gasteiger partial charge is 0.259 e. The SMILES string of the molecule is CCCCN(C)c1ncc2c(=O)[nH]cc(I)c2n1. The standard InChI is InChI=1S/C12H15IN4O/c1-3-4-5-17(2)12-15-6-8-10(16-12)9(13)7-14-11(8)18/h6-7H,3-5H2,1-2H3,(H,14,18). The van der Waals surface area contributed by atoms with E-state index >= 15 is 0 Å². The lowest BCUT2D eigenvalue weighted by molar-refractivity contribution is 0.751. The second-order valence-electron chi connectivity index (χ2n) is 4.17. The first-order valence-corrected chi connectivity index (χ1v) is 6.96. The summed E-state index contributed by atoms with van der Waals surface area (Å²) in [5, 5.41) is 0.537. The van der Waals surface area contributed by atoms with Gasteiger partial charge in [-0.15, -0.1) is 0 Å². The lowest BCUT2D eigenvalue weighted by Crippen LogP contribution is -2.21. The summed E-state index contributed by atoms with van der Waals surface area (Å²) in [6.45, 7) is 3.07. The summed E-state index contributed by atoms with van der Waals surface area (Å²) in [6, 6.07) is 0. The molecule has 0 atom stereocenters. The zero-order valence-electron chi connectivity index (χ0n) is 10.4. The number of nitrogens with zero attached hydrogens (tertiary/aromatic N) is 3. The minimum atomic E-state index is -0.145. The van der Waals surface area contributed by atoms with E-state index in [0.29, 0.717) is 16.9 Å². The highest BCUT2D eigenvalue weighted by molar-refractivity contribution is 14.1. The number of pyridine rings is 1. The number of fused-ring (bicyclic) bond motifs is 1. The Morgan fingerprint density at radius 2 is 2.28 bits per heavy atom. The summed E-state index contributed by atoms with van der Waals surface area (Å²) in [6.07, 6.45) is 5.51. The quantitative estimate of drug-likeness (QED) is 0.851. The molecule has 2 rings (SSSR count). The summed E-state index contributed by atoms with van der Waals surface area (Å²) >= 11 is 2.16. The number of anilines is 1. The van der Waals surface area contributed by atoms with Gasteiger partial charge in [-0.3, -0.25) is 4.79 Å². The second kappa shape index (κ2) is 5.64. The van der Waals surface area contributed by atoms with Crippen molar-refractivity contribution in [2.75, 3.05) is 18.5 Å². The van der Waals surface area contributed by atoms with Gasteiger partial charge in [0.15, 0.2) is 0 Å². The molecule has 0 amide bonds. The molecule has 2 aromatic heterocycles. The molecule has 2 aromatic rings. The van der Waals surface area contributed by atoms with Gasteiger partial charge in [-0.1, -0.05) is 13.3 Å². The van der Waals surface area contributed by atoms with Crippen LogP contribution < -0.4 is 10.5 Å². The van der Waals surface area contributed by atoms with Crippen LogP contribution in [0.5, 0.6) is 0 Å². The molecule has 0 aliphatic heterocycles. The highest BCUT2D eigenvalue weighted by Gasteiger charge is 2.09. The van der Waals surface area contributed by atoms with Crippen LogP contribution in [0.3, 0.4) is 0 Å². The van der Waals surface area contributed by atoms with Gasteiger partial charge in [0.05, 0.1) is 14.5 Å². The van der Waals surface area contributed by atoms with Crippen molar-refractivity contribution < 1.29 is 0 Å². The van der Waals surface area contributed by atoms with Crippen molar-refractivity contribution in [1.29, 1.82) is 0 Å². The minimum absolute atomic E-state index is 0.145. The van der Waals surface area contributed by atoms with Crippen LogP contribution >= 0.6 is 22.6 Å². The third kappa shape index (κ3) is 2.63. The molecule has 0 saturated heterocycles. The van der Waals surface area contributed by atoms with Gasteiger partial charge in [0.1, 0.15) is 0 Å². The summed E-state index contributed by atoms with van der Waals surface area (Å²) in [7, 11) is 1.97. The normalized spacial score (nSPS) is 10.8. The molecule has 96 valence electrons. The molecule has 0 bridgehead atoms. The van der Waals surface area contributed by atoms with E-state index in [9.17, 15) is 4.79 Å². The highest BCUT2D eigenvalue weighted by atomic mass is 127. The molecule has 6 heteroatoms. The number of hydrogen-bond donors (Lipinski definition) is 1.